The Morgan fingerprint density at radius 2 is 2.25 bits per heavy atom. The van der Waals surface area contributed by atoms with Crippen molar-refractivity contribution >= 4 is 18.0 Å². The smallest absolute Gasteiger partial charge is 0.207 e. The molecule has 1 amide bonds. The lowest BCUT2D eigenvalue weighted by atomic mass is 9.93. The van der Waals surface area contributed by atoms with Crippen molar-refractivity contribution < 1.29 is 4.79 Å². The summed E-state index contributed by atoms with van der Waals surface area (Å²) >= 11 is 5.62. The molecule has 0 aliphatic heterocycles. The van der Waals surface area contributed by atoms with Gasteiger partial charge in [0, 0.05) is 11.4 Å². The van der Waals surface area contributed by atoms with Gasteiger partial charge in [-0.2, -0.15) is 0 Å². The van der Waals surface area contributed by atoms with E-state index in [9.17, 15) is 4.79 Å². The van der Waals surface area contributed by atoms with Crippen molar-refractivity contribution in [3.8, 4) is 0 Å². The molecule has 1 rings (SSSR count). The van der Waals surface area contributed by atoms with E-state index >= 15 is 0 Å². The highest BCUT2D eigenvalue weighted by atomic mass is 35.5. The molecule has 2 nitrogen and oxygen atoms in total. The zero-order valence-corrected chi connectivity index (χ0v) is 5.19. The maximum atomic E-state index is 9.76. The molecule has 1 aliphatic carbocycles. The van der Waals surface area contributed by atoms with E-state index in [-0.39, 0.29) is 0 Å². The summed E-state index contributed by atoms with van der Waals surface area (Å²) in [6, 6.07) is 0.356. The van der Waals surface area contributed by atoms with E-state index in [1.54, 1.807) is 0 Å². The summed E-state index contributed by atoms with van der Waals surface area (Å²) in [6.45, 7) is 0. The van der Waals surface area contributed by atoms with E-state index in [0.717, 1.165) is 19.3 Å². The van der Waals surface area contributed by atoms with Crippen molar-refractivity contribution in [2.24, 2.45) is 0 Å². The molecule has 46 valence electrons. The van der Waals surface area contributed by atoms with Gasteiger partial charge in [-0.25, -0.2) is 0 Å². The summed E-state index contributed by atoms with van der Waals surface area (Å²) in [4.78, 5) is 9.76. The van der Waals surface area contributed by atoms with E-state index in [1.165, 1.54) is 0 Å². The SMILES string of the molecule is O=CNC1CC(Cl)C1. The number of hydrogen-bond acceptors (Lipinski definition) is 1. The highest BCUT2D eigenvalue weighted by molar-refractivity contribution is 6.21. The molecule has 1 N–H and O–H groups in total. The first-order valence-electron chi connectivity index (χ1n) is 2.66. The summed E-state index contributed by atoms with van der Waals surface area (Å²) in [5.41, 5.74) is 0. The van der Waals surface area contributed by atoms with Crippen LogP contribution in [-0.4, -0.2) is 17.8 Å². The van der Waals surface area contributed by atoms with Crippen LogP contribution in [-0.2, 0) is 4.79 Å². The Morgan fingerprint density at radius 1 is 1.62 bits per heavy atom. The van der Waals surface area contributed by atoms with Gasteiger partial charge < -0.3 is 5.32 Å². The van der Waals surface area contributed by atoms with Crippen LogP contribution in [0.3, 0.4) is 0 Å². The van der Waals surface area contributed by atoms with Crippen molar-refractivity contribution in [2.45, 2.75) is 24.3 Å². The van der Waals surface area contributed by atoms with Crippen LogP contribution in [0.4, 0.5) is 0 Å². The van der Waals surface area contributed by atoms with Gasteiger partial charge in [-0.05, 0) is 12.8 Å². The van der Waals surface area contributed by atoms with Gasteiger partial charge >= 0.3 is 0 Å². The summed E-state index contributed by atoms with van der Waals surface area (Å²) in [5.74, 6) is 0. The van der Waals surface area contributed by atoms with E-state index in [1.807, 2.05) is 0 Å². The van der Waals surface area contributed by atoms with Crippen LogP contribution in [0.1, 0.15) is 12.8 Å². The molecule has 0 bridgehead atoms. The largest absolute Gasteiger partial charge is 0.356 e. The van der Waals surface area contributed by atoms with Gasteiger partial charge in [0.05, 0.1) is 0 Å². The zero-order chi connectivity index (χ0) is 5.98. The predicted octanol–water partition coefficient (Wildman–Crippen LogP) is 0.502. The van der Waals surface area contributed by atoms with Crippen molar-refractivity contribution in [3.05, 3.63) is 0 Å². The van der Waals surface area contributed by atoms with Gasteiger partial charge in [0.15, 0.2) is 0 Å². The number of rotatable bonds is 2. The van der Waals surface area contributed by atoms with E-state index in [2.05, 4.69) is 5.32 Å². The summed E-state index contributed by atoms with van der Waals surface area (Å²) in [5, 5.41) is 2.95. The second-order valence-corrected chi connectivity index (χ2v) is 2.67. The third-order valence-corrected chi connectivity index (χ3v) is 1.74. The fourth-order valence-corrected chi connectivity index (χ4v) is 1.21. The van der Waals surface area contributed by atoms with Crippen molar-refractivity contribution in [1.29, 1.82) is 0 Å². The molecular weight excluding hydrogens is 126 g/mol. The summed E-state index contributed by atoms with van der Waals surface area (Å²) in [6.07, 6.45) is 2.59. The fourth-order valence-electron chi connectivity index (χ4n) is 0.781. The van der Waals surface area contributed by atoms with Gasteiger partial charge in [-0.1, -0.05) is 0 Å². The average molecular weight is 134 g/mol. The molecule has 8 heavy (non-hydrogen) atoms. The molecular formula is C5H8ClNO. The molecule has 0 unspecified atom stereocenters. The van der Waals surface area contributed by atoms with E-state index in [0.29, 0.717) is 11.4 Å². The molecule has 0 heterocycles. The van der Waals surface area contributed by atoms with Gasteiger partial charge in [-0.3, -0.25) is 4.79 Å². The van der Waals surface area contributed by atoms with Crippen LogP contribution in [0.15, 0.2) is 0 Å². The first kappa shape index (κ1) is 5.89. The predicted molar refractivity (Wildman–Crippen MR) is 31.9 cm³/mol. The maximum absolute atomic E-state index is 9.76. The molecule has 0 spiro atoms. The average Bonchev–Trinajstić information content (AvgIpc) is 1.64. The molecule has 1 saturated carbocycles. The number of halogens is 1. The normalized spacial score (nSPS) is 35.6. The van der Waals surface area contributed by atoms with Gasteiger partial charge in [-0.15, -0.1) is 11.6 Å². The van der Waals surface area contributed by atoms with Gasteiger partial charge in [0.2, 0.25) is 6.41 Å². The van der Waals surface area contributed by atoms with Crippen LogP contribution in [0, 0.1) is 0 Å². The zero-order valence-electron chi connectivity index (χ0n) is 4.43. The second kappa shape index (κ2) is 2.35. The summed E-state index contributed by atoms with van der Waals surface area (Å²) in [7, 11) is 0. The Bertz CT molecular complexity index is 90.4. The molecule has 0 aromatic heterocycles. The minimum Gasteiger partial charge on any atom is -0.356 e. The molecule has 0 radical (unpaired) electrons. The Hall–Kier alpha value is -0.240. The second-order valence-electron chi connectivity index (χ2n) is 2.05. The maximum Gasteiger partial charge on any atom is 0.207 e. The van der Waals surface area contributed by atoms with Crippen LogP contribution in [0.5, 0.6) is 0 Å². The summed E-state index contributed by atoms with van der Waals surface area (Å²) < 4.78 is 0. The lowest BCUT2D eigenvalue weighted by Gasteiger charge is -2.29. The van der Waals surface area contributed by atoms with Crippen LogP contribution in [0.25, 0.3) is 0 Å². The molecule has 1 fully saturated rings. The van der Waals surface area contributed by atoms with E-state index < -0.39 is 0 Å². The Balaban J connectivity index is 2.06. The molecule has 0 atom stereocenters. The minimum atomic E-state index is 0.299. The highest BCUT2D eigenvalue weighted by Crippen LogP contribution is 2.24. The van der Waals surface area contributed by atoms with Crippen LogP contribution in [0.2, 0.25) is 0 Å². The number of alkyl halides is 1. The fraction of sp³-hybridized carbons (Fsp3) is 0.800. The number of nitrogens with one attached hydrogen (secondary N) is 1. The Kier molecular flexibility index (Phi) is 1.73. The molecule has 0 aromatic rings. The number of carbonyl (C=O) groups excluding carboxylic acids is 1. The lowest BCUT2D eigenvalue weighted by molar-refractivity contribution is -0.110. The van der Waals surface area contributed by atoms with Gasteiger partial charge in [0.25, 0.3) is 0 Å². The van der Waals surface area contributed by atoms with Crippen molar-refractivity contribution in [2.75, 3.05) is 0 Å². The van der Waals surface area contributed by atoms with Crippen molar-refractivity contribution in [3.63, 3.8) is 0 Å². The van der Waals surface area contributed by atoms with Crippen LogP contribution >= 0.6 is 11.6 Å². The lowest BCUT2D eigenvalue weighted by Crippen LogP contribution is -2.40. The Morgan fingerprint density at radius 3 is 2.62 bits per heavy atom. The first-order valence-corrected chi connectivity index (χ1v) is 3.10. The number of amides is 1. The monoisotopic (exact) mass is 133 g/mol. The van der Waals surface area contributed by atoms with Gasteiger partial charge in [0.1, 0.15) is 0 Å². The first-order chi connectivity index (χ1) is 3.83. The number of carbonyl (C=O) groups is 1. The van der Waals surface area contributed by atoms with Crippen LogP contribution < -0.4 is 5.32 Å². The van der Waals surface area contributed by atoms with E-state index in [4.69, 9.17) is 11.6 Å². The molecule has 1 aliphatic rings. The molecule has 3 heteroatoms. The number of hydrogen-bond donors (Lipinski definition) is 1. The molecule has 0 aromatic carbocycles. The topological polar surface area (TPSA) is 29.1 Å². The molecule has 0 saturated heterocycles. The third kappa shape index (κ3) is 1.13. The highest BCUT2D eigenvalue weighted by Gasteiger charge is 2.25. The third-order valence-electron chi connectivity index (χ3n) is 1.38. The quantitative estimate of drug-likeness (QED) is 0.432. The van der Waals surface area contributed by atoms with Crippen molar-refractivity contribution in [1.82, 2.24) is 5.32 Å². The minimum absolute atomic E-state index is 0.299. The standard InChI is InChI=1S/C5H8ClNO/c6-4-1-5(2-4)7-3-8/h3-5H,1-2H2,(H,7,8). The Labute approximate surface area is 53.2 Å².